The Morgan fingerprint density at radius 3 is 2.47 bits per heavy atom. The Kier molecular flexibility index (Phi) is 2.91. The average molecular weight is 231 g/mol. The van der Waals surface area contributed by atoms with Crippen molar-refractivity contribution in [3.8, 4) is 5.69 Å². The third-order valence-corrected chi connectivity index (χ3v) is 2.42. The molecule has 0 bridgehead atoms. The highest BCUT2D eigenvalue weighted by molar-refractivity contribution is 5.84. The summed E-state index contributed by atoms with van der Waals surface area (Å²) in [6.45, 7) is 3.80. The first-order valence-corrected chi connectivity index (χ1v) is 5.21. The first kappa shape index (κ1) is 11.3. The van der Waals surface area contributed by atoms with Gasteiger partial charge in [-0.3, -0.25) is 0 Å². The zero-order valence-electron chi connectivity index (χ0n) is 9.97. The molecule has 0 amide bonds. The van der Waals surface area contributed by atoms with E-state index in [-0.39, 0.29) is 5.82 Å². The molecule has 0 spiro atoms. The SMILES string of the molecule is COC(=O)c1nc(C)n(-c2ccc(C)cc2)n1. The summed E-state index contributed by atoms with van der Waals surface area (Å²) in [6.07, 6.45) is 0. The van der Waals surface area contributed by atoms with Crippen molar-refractivity contribution in [3.05, 3.63) is 41.5 Å². The minimum absolute atomic E-state index is 0.0746. The summed E-state index contributed by atoms with van der Waals surface area (Å²) in [6, 6.07) is 7.82. The summed E-state index contributed by atoms with van der Waals surface area (Å²) in [5.74, 6) is 0.193. The second-order valence-corrected chi connectivity index (χ2v) is 3.72. The Labute approximate surface area is 99.1 Å². The molecule has 0 unspecified atom stereocenters. The molecule has 0 atom stereocenters. The molecule has 0 aliphatic carbocycles. The summed E-state index contributed by atoms with van der Waals surface area (Å²) in [5.41, 5.74) is 2.04. The van der Waals surface area contributed by atoms with Gasteiger partial charge in [-0.25, -0.2) is 14.5 Å². The van der Waals surface area contributed by atoms with Crippen molar-refractivity contribution in [1.82, 2.24) is 14.8 Å². The van der Waals surface area contributed by atoms with E-state index in [0.29, 0.717) is 5.82 Å². The van der Waals surface area contributed by atoms with Gasteiger partial charge in [0, 0.05) is 0 Å². The van der Waals surface area contributed by atoms with E-state index in [1.807, 2.05) is 31.2 Å². The monoisotopic (exact) mass is 231 g/mol. The molecular formula is C12H13N3O2. The highest BCUT2D eigenvalue weighted by atomic mass is 16.5. The van der Waals surface area contributed by atoms with Crippen molar-refractivity contribution >= 4 is 5.97 Å². The molecule has 5 nitrogen and oxygen atoms in total. The van der Waals surface area contributed by atoms with E-state index in [9.17, 15) is 4.79 Å². The molecule has 88 valence electrons. The third-order valence-electron chi connectivity index (χ3n) is 2.42. The van der Waals surface area contributed by atoms with Gasteiger partial charge in [0.05, 0.1) is 12.8 Å². The average Bonchev–Trinajstić information content (AvgIpc) is 2.71. The van der Waals surface area contributed by atoms with E-state index in [0.717, 1.165) is 5.69 Å². The Morgan fingerprint density at radius 1 is 1.24 bits per heavy atom. The molecule has 1 aromatic carbocycles. The van der Waals surface area contributed by atoms with Crippen LogP contribution in [0.15, 0.2) is 24.3 Å². The number of ether oxygens (including phenoxy) is 1. The van der Waals surface area contributed by atoms with Gasteiger partial charge in [0.15, 0.2) is 0 Å². The fourth-order valence-corrected chi connectivity index (χ4v) is 1.50. The fraction of sp³-hybridized carbons (Fsp3) is 0.250. The van der Waals surface area contributed by atoms with Crippen molar-refractivity contribution in [2.75, 3.05) is 7.11 Å². The molecule has 5 heteroatoms. The van der Waals surface area contributed by atoms with Crippen molar-refractivity contribution in [3.63, 3.8) is 0 Å². The van der Waals surface area contributed by atoms with Gasteiger partial charge in [-0.1, -0.05) is 17.7 Å². The summed E-state index contributed by atoms with van der Waals surface area (Å²) >= 11 is 0. The molecule has 0 aliphatic heterocycles. The molecule has 0 radical (unpaired) electrons. The number of carbonyl (C=O) groups is 1. The number of hydrogen-bond donors (Lipinski definition) is 0. The normalized spacial score (nSPS) is 10.3. The standard InChI is InChI=1S/C12H13N3O2/c1-8-4-6-10(7-5-8)15-9(2)13-11(14-15)12(16)17-3/h4-7H,1-3H3. The summed E-state index contributed by atoms with van der Waals surface area (Å²) in [7, 11) is 1.31. The Balaban J connectivity index is 2.42. The van der Waals surface area contributed by atoms with E-state index in [1.165, 1.54) is 12.7 Å². The molecular weight excluding hydrogens is 218 g/mol. The topological polar surface area (TPSA) is 57.0 Å². The smallest absolute Gasteiger partial charge is 0.377 e. The van der Waals surface area contributed by atoms with Crippen LogP contribution >= 0.6 is 0 Å². The maximum atomic E-state index is 11.3. The van der Waals surface area contributed by atoms with Crippen LogP contribution in [-0.4, -0.2) is 27.8 Å². The molecule has 17 heavy (non-hydrogen) atoms. The van der Waals surface area contributed by atoms with E-state index in [2.05, 4.69) is 14.8 Å². The lowest BCUT2D eigenvalue weighted by molar-refractivity contribution is 0.0587. The fourth-order valence-electron chi connectivity index (χ4n) is 1.50. The number of aryl methyl sites for hydroxylation is 2. The highest BCUT2D eigenvalue weighted by Crippen LogP contribution is 2.11. The molecule has 0 N–H and O–H groups in total. The molecule has 0 saturated carbocycles. The maximum Gasteiger partial charge on any atom is 0.377 e. The number of carbonyl (C=O) groups excluding carboxylic acids is 1. The van der Waals surface area contributed by atoms with Gasteiger partial charge in [-0.05, 0) is 26.0 Å². The van der Waals surface area contributed by atoms with Crippen molar-refractivity contribution in [1.29, 1.82) is 0 Å². The van der Waals surface area contributed by atoms with Gasteiger partial charge in [-0.15, -0.1) is 5.10 Å². The van der Waals surface area contributed by atoms with Gasteiger partial charge in [0.1, 0.15) is 5.82 Å². The predicted octanol–water partition coefficient (Wildman–Crippen LogP) is 1.67. The predicted molar refractivity (Wildman–Crippen MR) is 62.2 cm³/mol. The third kappa shape index (κ3) is 2.18. The van der Waals surface area contributed by atoms with Crippen LogP contribution in [0.25, 0.3) is 5.69 Å². The zero-order valence-corrected chi connectivity index (χ0v) is 9.97. The van der Waals surface area contributed by atoms with E-state index >= 15 is 0 Å². The molecule has 0 aliphatic rings. The second-order valence-electron chi connectivity index (χ2n) is 3.72. The molecule has 0 saturated heterocycles. The van der Waals surface area contributed by atoms with Crippen molar-refractivity contribution in [2.45, 2.75) is 13.8 Å². The quantitative estimate of drug-likeness (QED) is 0.738. The number of benzene rings is 1. The molecule has 2 rings (SSSR count). The van der Waals surface area contributed by atoms with E-state index < -0.39 is 5.97 Å². The number of rotatable bonds is 2. The zero-order chi connectivity index (χ0) is 12.4. The first-order valence-electron chi connectivity index (χ1n) is 5.21. The summed E-state index contributed by atoms with van der Waals surface area (Å²) in [4.78, 5) is 15.4. The highest BCUT2D eigenvalue weighted by Gasteiger charge is 2.14. The summed E-state index contributed by atoms with van der Waals surface area (Å²) < 4.78 is 6.20. The van der Waals surface area contributed by atoms with Gasteiger partial charge in [-0.2, -0.15) is 0 Å². The summed E-state index contributed by atoms with van der Waals surface area (Å²) in [5, 5.41) is 4.11. The Hall–Kier alpha value is -2.17. The van der Waals surface area contributed by atoms with Crippen LogP contribution in [-0.2, 0) is 4.74 Å². The molecule has 1 heterocycles. The minimum Gasteiger partial charge on any atom is -0.463 e. The van der Waals surface area contributed by atoms with Crippen LogP contribution in [0.4, 0.5) is 0 Å². The van der Waals surface area contributed by atoms with Gasteiger partial charge in [0.25, 0.3) is 5.82 Å². The number of hydrogen-bond acceptors (Lipinski definition) is 4. The number of methoxy groups -OCH3 is 1. The van der Waals surface area contributed by atoms with Gasteiger partial charge in [0.2, 0.25) is 0 Å². The Bertz CT molecular complexity index is 543. The molecule has 0 fully saturated rings. The number of nitrogens with zero attached hydrogens (tertiary/aromatic N) is 3. The molecule has 2 aromatic rings. The van der Waals surface area contributed by atoms with Crippen LogP contribution in [0.2, 0.25) is 0 Å². The lowest BCUT2D eigenvalue weighted by Crippen LogP contribution is -2.05. The van der Waals surface area contributed by atoms with E-state index in [1.54, 1.807) is 11.6 Å². The van der Waals surface area contributed by atoms with Gasteiger partial charge >= 0.3 is 5.97 Å². The number of esters is 1. The van der Waals surface area contributed by atoms with Gasteiger partial charge < -0.3 is 4.74 Å². The lowest BCUT2D eigenvalue weighted by atomic mass is 10.2. The lowest BCUT2D eigenvalue weighted by Gasteiger charge is -2.02. The Morgan fingerprint density at radius 2 is 1.88 bits per heavy atom. The van der Waals surface area contributed by atoms with Crippen LogP contribution in [0.1, 0.15) is 22.0 Å². The van der Waals surface area contributed by atoms with Crippen LogP contribution in [0, 0.1) is 13.8 Å². The van der Waals surface area contributed by atoms with Crippen molar-refractivity contribution < 1.29 is 9.53 Å². The second kappa shape index (κ2) is 4.37. The minimum atomic E-state index is -0.529. The first-order chi connectivity index (χ1) is 8.11. The molecule has 1 aromatic heterocycles. The van der Waals surface area contributed by atoms with Crippen LogP contribution < -0.4 is 0 Å². The van der Waals surface area contributed by atoms with E-state index in [4.69, 9.17) is 0 Å². The maximum absolute atomic E-state index is 11.3. The van der Waals surface area contributed by atoms with Crippen LogP contribution in [0.5, 0.6) is 0 Å². The van der Waals surface area contributed by atoms with Crippen LogP contribution in [0.3, 0.4) is 0 Å². The largest absolute Gasteiger partial charge is 0.463 e. The van der Waals surface area contributed by atoms with Crippen molar-refractivity contribution in [2.24, 2.45) is 0 Å². The number of aromatic nitrogens is 3.